The van der Waals surface area contributed by atoms with E-state index in [2.05, 4.69) is 52.8 Å². The monoisotopic (exact) mass is 286 g/mol. The summed E-state index contributed by atoms with van der Waals surface area (Å²) in [6.07, 6.45) is 4.30. The average molecular weight is 286 g/mol. The lowest BCUT2D eigenvalue weighted by Crippen LogP contribution is -2.53. The van der Waals surface area contributed by atoms with Crippen molar-refractivity contribution < 1.29 is 5.11 Å². The highest BCUT2D eigenvalue weighted by Crippen LogP contribution is 2.57. The highest BCUT2D eigenvalue weighted by molar-refractivity contribution is 5.42. The topological polar surface area (TPSA) is 20.2 Å². The normalized spacial score (nSPS) is 34.4. The van der Waals surface area contributed by atoms with E-state index in [1.165, 1.54) is 18.4 Å². The van der Waals surface area contributed by atoms with Gasteiger partial charge in [0.25, 0.3) is 0 Å². The SMILES string of the molecule is CC(C)c1ccc2c(c1)CC[C@@H]1C(C)(C)[C@@H](O)CC[C@]21C. The molecule has 1 N–H and O–H groups in total. The molecule has 0 heterocycles. The van der Waals surface area contributed by atoms with Gasteiger partial charge >= 0.3 is 0 Å². The summed E-state index contributed by atoms with van der Waals surface area (Å²) in [5, 5.41) is 10.5. The number of aliphatic hydroxyl groups excluding tert-OH is 1. The zero-order chi connectivity index (χ0) is 15.4. The molecule has 116 valence electrons. The summed E-state index contributed by atoms with van der Waals surface area (Å²) in [6.45, 7) is 11.5. The number of hydrogen-bond acceptors (Lipinski definition) is 1. The Morgan fingerprint density at radius 1 is 1.14 bits per heavy atom. The molecular weight excluding hydrogens is 256 g/mol. The summed E-state index contributed by atoms with van der Waals surface area (Å²) < 4.78 is 0. The predicted molar refractivity (Wildman–Crippen MR) is 88.7 cm³/mol. The molecule has 0 amide bonds. The first-order valence-electron chi connectivity index (χ1n) is 8.58. The fraction of sp³-hybridized carbons (Fsp3) is 0.700. The first-order chi connectivity index (χ1) is 9.76. The molecule has 21 heavy (non-hydrogen) atoms. The van der Waals surface area contributed by atoms with Crippen LogP contribution in [0.25, 0.3) is 0 Å². The van der Waals surface area contributed by atoms with Crippen molar-refractivity contribution in [3.8, 4) is 0 Å². The van der Waals surface area contributed by atoms with Crippen LogP contribution in [0.1, 0.15) is 76.5 Å². The fourth-order valence-corrected chi connectivity index (χ4v) is 5.09. The van der Waals surface area contributed by atoms with Crippen molar-refractivity contribution in [3.63, 3.8) is 0 Å². The highest BCUT2D eigenvalue weighted by Gasteiger charge is 2.53. The van der Waals surface area contributed by atoms with Gasteiger partial charge in [0.15, 0.2) is 0 Å². The molecule has 1 aromatic rings. The maximum atomic E-state index is 10.5. The highest BCUT2D eigenvalue weighted by atomic mass is 16.3. The van der Waals surface area contributed by atoms with Gasteiger partial charge in [-0.25, -0.2) is 0 Å². The summed E-state index contributed by atoms with van der Waals surface area (Å²) in [5.41, 5.74) is 4.86. The van der Waals surface area contributed by atoms with Crippen molar-refractivity contribution >= 4 is 0 Å². The molecule has 0 saturated heterocycles. The maximum absolute atomic E-state index is 10.5. The van der Waals surface area contributed by atoms with Crippen molar-refractivity contribution in [1.29, 1.82) is 0 Å². The first-order valence-corrected chi connectivity index (χ1v) is 8.58. The minimum Gasteiger partial charge on any atom is -0.393 e. The standard InChI is InChI=1S/C20H30O/c1-13(2)14-6-8-16-15(12-14)7-9-17-19(3,4)18(21)10-11-20(16,17)5/h6,8,12-13,17-18,21H,7,9-11H2,1-5H3/t17-,18+,20-/m1/s1. The number of fused-ring (bicyclic) bond motifs is 3. The lowest BCUT2D eigenvalue weighted by molar-refractivity contribution is -0.0730. The second-order valence-corrected chi connectivity index (χ2v) is 8.46. The lowest BCUT2D eigenvalue weighted by atomic mass is 9.49. The molecule has 3 atom stereocenters. The van der Waals surface area contributed by atoms with Crippen LogP contribution in [0.15, 0.2) is 18.2 Å². The molecule has 2 aliphatic rings. The largest absolute Gasteiger partial charge is 0.393 e. The van der Waals surface area contributed by atoms with E-state index in [0.29, 0.717) is 11.8 Å². The predicted octanol–water partition coefficient (Wildman–Crippen LogP) is 4.81. The van der Waals surface area contributed by atoms with Crippen LogP contribution in [0.3, 0.4) is 0 Å². The Morgan fingerprint density at radius 3 is 2.52 bits per heavy atom. The van der Waals surface area contributed by atoms with E-state index in [9.17, 15) is 5.11 Å². The third-order valence-electron chi connectivity index (χ3n) is 6.58. The van der Waals surface area contributed by atoms with Crippen LogP contribution in [-0.4, -0.2) is 11.2 Å². The Labute approximate surface area is 129 Å². The number of aliphatic hydroxyl groups is 1. The van der Waals surface area contributed by atoms with Crippen LogP contribution in [0.4, 0.5) is 0 Å². The summed E-state index contributed by atoms with van der Waals surface area (Å²) in [5.74, 6) is 1.19. The van der Waals surface area contributed by atoms with Crippen LogP contribution in [0, 0.1) is 11.3 Å². The molecule has 0 unspecified atom stereocenters. The van der Waals surface area contributed by atoms with Gasteiger partial charge in [0.05, 0.1) is 6.10 Å². The van der Waals surface area contributed by atoms with Gasteiger partial charge in [-0.3, -0.25) is 0 Å². The number of rotatable bonds is 1. The second-order valence-electron chi connectivity index (χ2n) is 8.46. The molecule has 1 heteroatoms. The third-order valence-corrected chi connectivity index (χ3v) is 6.58. The van der Waals surface area contributed by atoms with Gasteiger partial charge in [-0.1, -0.05) is 52.8 Å². The van der Waals surface area contributed by atoms with Crippen molar-refractivity contribution in [2.75, 3.05) is 0 Å². The van der Waals surface area contributed by atoms with Crippen molar-refractivity contribution in [2.24, 2.45) is 11.3 Å². The van der Waals surface area contributed by atoms with E-state index in [1.54, 1.807) is 11.1 Å². The van der Waals surface area contributed by atoms with Crippen molar-refractivity contribution in [2.45, 2.75) is 77.7 Å². The van der Waals surface area contributed by atoms with E-state index < -0.39 is 0 Å². The van der Waals surface area contributed by atoms with Crippen molar-refractivity contribution in [1.82, 2.24) is 0 Å². The molecule has 1 aromatic carbocycles. The smallest absolute Gasteiger partial charge is 0.0594 e. The van der Waals surface area contributed by atoms with E-state index >= 15 is 0 Å². The molecular formula is C20H30O. The second kappa shape index (κ2) is 4.84. The van der Waals surface area contributed by atoms with Gasteiger partial charge in [0, 0.05) is 0 Å². The summed E-state index contributed by atoms with van der Waals surface area (Å²) in [7, 11) is 0. The molecule has 0 aliphatic heterocycles. The van der Waals surface area contributed by atoms with Crippen LogP contribution >= 0.6 is 0 Å². The summed E-state index contributed by atoms with van der Waals surface area (Å²) >= 11 is 0. The van der Waals surface area contributed by atoms with Crippen molar-refractivity contribution in [3.05, 3.63) is 34.9 Å². The quantitative estimate of drug-likeness (QED) is 0.785. The molecule has 1 saturated carbocycles. The van der Waals surface area contributed by atoms with Crippen LogP contribution in [0.2, 0.25) is 0 Å². The molecule has 1 fully saturated rings. The van der Waals surface area contributed by atoms with E-state index in [1.807, 2.05) is 0 Å². The molecule has 1 nitrogen and oxygen atoms in total. The van der Waals surface area contributed by atoms with Gasteiger partial charge < -0.3 is 5.11 Å². The Bertz CT molecular complexity index is 543. The lowest BCUT2D eigenvalue weighted by Gasteiger charge is -2.56. The Hall–Kier alpha value is -0.820. The van der Waals surface area contributed by atoms with E-state index in [-0.39, 0.29) is 16.9 Å². The Morgan fingerprint density at radius 2 is 1.86 bits per heavy atom. The Balaban J connectivity index is 2.06. The average Bonchev–Trinajstić information content (AvgIpc) is 2.43. The minimum absolute atomic E-state index is 0.0292. The molecule has 2 aliphatic carbocycles. The number of benzene rings is 1. The molecule has 0 bridgehead atoms. The first kappa shape index (κ1) is 15.1. The third kappa shape index (κ3) is 2.16. The van der Waals surface area contributed by atoms with Gasteiger partial charge in [-0.05, 0) is 65.0 Å². The van der Waals surface area contributed by atoms with Crippen LogP contribution < -0.4 is 0 Å². The number of hydrogen-bond donors (Lipinski definition) is 1. The van der Waals surface area contributed by atoms with Crippen LogP contribution in [0.5, 0.6) is 0 Å². The summed E-state index contributed by atoms with van der Waals surface area (Å²) in [6, 6.07) is 7.17. The Kier molecular flexibility index (Phi) is 3.48. The van der Waals surface area contributed by atoms with Gasteiger partial charge in [-0.2, -0.15) is 0 Å². The van der Waals surface area contributed by atoms with E-state index in [4.69, 9.17) is 0 Å². The zero-order valence-electron chi connectivity index (χ0n) is 14.2. The van der Waals surface area contributed by atoms with Crippen LogP contribution in [-0.2, 0) is 11.8 Å². The van der Waals surface area contributed by atoms with Gasteiger partial charge in [0.1, 0.15) is 0 Å². The van der Waals surface area contributed by atoms with E-state index in [0.717, 1.165) is 12.8 Å². The molecule has 0 aromatic heterocycles. The summed E-state index contributed by atoms with van der Waals surface area (Å²) in [4.78, 5) is 0. The molecule has 0 radical (unpaired) electrons. The fourth-order valence-electron chi connectivity index (χ4n) is 5.09. The maximum Gasteiger partial charge on any atom is 0.0594 e. The number of aryl methyl sites for hydroxylation is 1. The van der Waals surface area contributed by atoms with Gasteiger partial charge in [-0.15, -0.1) is 0 Å². The molecule has 3 rings (SSSR count). The molecule has 0 spiro atoms. The van der Waals surface area contributed by atoms with Gasteiger partial charge in [0.2, 0.25) is 0 Å². The zero-order valence-corrected chi connectivity index (χ0v) is 14.2. The minimum atomic E-state index is -0.146.